The van der Waals surface area contributed by atoms with Gasteiger partial charge in [0.05, 0.1) is 0 Å². The summed E-state index contributed by atoms with van der Waals surface area (Å²) in [5, 5.41) is 8.76. The summed E-state index contributed by atoms with van der Waals surface area (Å²) in [6.07, 6.45) is 3.63. The molecule has 0 aliphatic carbocycles. The molecule has 0 saturated carbocycles. The summed E-state index contributed by atoms with van der Waals surface area (Å²) >= 11 is 0. The number of hydrogen-bond acceptors (Lipinski definition) is 2. The summed E-state index contributed by atoms with van der Waals surface area (Å²) in [6, 6.07) is 0. The first-order valence-corrected chi connectivity index (χ1v) is 4.70. The fourth-order valence-corrected chi connectivity index (χ4v) is 1.86. The molecule has 0 bridgehead atoms. The molecule has 0 amide bonds. The van der Waals surface area contributed by atoms with E-state index in [1.165, 1.54) is 32.5 Å². The van der Waals surface area contributed by atoms with Gasteiger partial charge in [-0.05, 0) is 38.3 Å². The van der Waals surface area contributed by atoms with E-state index in [-0.39, 0.29) is 0 Å². The smallest absolute Gasteiger partial charge is 0.0434 e. The van der Waals surface area contributed by atoms with Crippen LogP contribution >= 0.6 is 0 Å². The third kappa shape index (κ3) is 2.80. The minimum absolute atomic E-state index is 0.363. The van der Waals surface area contributed by atoms with Crippen LogP contribution < -0.4 is 0 Å². The van der Waals surface area contributed by atoms with Gasteiger partial charge in [-0.2, -0.15) is 0 Å². The van der Waals surface area contributed by atoms with Crippen LogP contribution in [0.4, 0.5) is 0 Å². The lowest BCUT2D eigenvalue weighted by molar-refractivity contribution is 0.153. The number of nitrogens with zero attached hydrogens (tertiary/aromatic N) is 1. The second-order valence-electron chi connectivity index (χ2n) is 3.41. The number of rotatable bonds is 3. The van der Waals surface area contributed by atoms with Gasteiger partial charge in [0.15, 0.2) is 0 Å². The minimum Gasteiger partial charge on any atom is -0.396 e. The van der Waals surface area contributed by atoms with Crippen LogP contribution in [0.3, 0.4) is 0 Å². The first-order chi connectivity index (χ1) is 5.36. The highest BCUT2D eigenvalue weighted by molar-refractivity contribution is 4.71. The van der Waals surface area contributed by atoms with Gasteiger partial charge in [-0.1, -0.05) is 6.92 Å². The van der Waals surface area contributed by atoms with Crippen LogP contribution in [0.25, 0.3) is 0 Å². The van der Waals surface area contributed by atoms with E-state index in [1.807, 2.05) is 0 Å². The lowest BCUT2D eigenvalue weighted by Gasteiger charge is -2.31. The molecule has 66 valence electrons. The molecule has 1 N–H and O–H groups in total. The molecule has 0 radical (unpaired) electrons. The van der Waals surface area contributed by atoms with E-state index >= 15 is 0 Å². The van der Waals surface area contributed by atoms with Crippen molar-refractivity contribution < 1.29 is 5.11 Å². The summed E-state index contributed by atoms with van der Waals surface area (Å²) in [5.74, 6) is 0.758. The molecule has 0 spiro atoms. The molecule has 1 aliphatic heterocycles. The lowest BCUT2D eigenvalue weighted by Crippen LogP contribution is -2.35. The Kier molecular flexibility index (Phi) is 3.87. The molecule has 0 aromatic carbocycles. The van der Waals surface area contributed by atoms with Crippen molar-refractivity contribution in [3.8, 4) is 0 Å². The maximum Gasteiger partial charge on any atom is 0.0434 e. The normalized spacial score (nSPS) is 27.3. The standard InChI is InChI=1S/C9H19NO/c1-2-10-6-3-4-9(8-10)5-7-11/h9,11H,2-8H2,1H3. The Morgan fingerprint density at radius 1 is 1.55 bits per heavy atom. The highest BCUT2D eigenvalue weighted by atomic mass is 16.3. The molecule has 1 heterocycles. The van der Waals surface area contributed by atoms with Crippen molar-refractivity contribution in [3.63, 3.8) is 0 Å². The highest BCUT2D eigenvalue weighted by Crippen LogP contribution is 2.18. The van der Waals surface area contributed by atoms with Gasteiger partial charge in [0, 0.05) is 13.2 Å². The van der Waals surface area contributed by atoms with Crippen molar-refractivity contribution in [2.24, 2.45) is 5.92 Å². The Bertz CT molecular complexity index is 104. The quantitative estimate of drug-likeness (QED) is 0.663. The average Bonchev–Trinajstić information content (AvgIpc) is 2.06. The first kappa shape index (κ1) is 9.01. The molecular weight excluding hydrogens is 138 g/mol. The van der Waals surface area contributed by atoms with Gasteiger partial charge >= 0.3 is 0 Å². The van der Waals surface area contributed by atoms with Crippen molar-refractivity contribution in [3.05, 3.63) is 0 Å². The second-order valence-corrected chi connectivity index (χ2v) is 3.41. The molecule has 1 atom stereocenters. The zero-order valence-electron chi connectivity index (χ0n) is 7.42. The van der Waals surface area contributed by atoms with E-state index in [0.29, 0.717) is 6.61 Å². The summed E-state index contributed by atoms with van der Waals surface area (Å²) in [5.41, 5.74) is 0. The minimum atomic E-state index is 0.363. The summed E-state index contributed by atoms with van der Waals surface area (Å²) < 4.78 is 0. The van der Waals surface area contributed by atoms with Crippen LogP contribution in [0.1, 0.15) is 26.2 Å². The summed E-state index contributed by atoms with van der Waals surface area (Å²) in [4.78, 5) is 2.48. The predicted octanol–water partition coefficient (Wildman–Crippen LogP) is 1.10. The van der Waals surface area contributed by atoms with Gasteiger partial charge in [-0.15, -0.1) is 0 Å². The number of aliphatic hydroxyl groups is 1. The molecule has 1 fully saturated rings. The van der Waals surface area contributed by atoms with Crippen LogP contribution in [0.5, 0.6) is 0 Å². The van der Waals surface area contributed by atoms with Crippen LogP contribution in [0, 0.1) is 5.92 Å². The van der Waals surface area contributed by atoms with Crippen molar-refractivity contribution in [2.45, 2.75) is 26.2 Å². The van der Waals surface area contributed by atoms with Crippen molar-refractivity contribution in [1.82, 2.24) is 4.90 Å². The maximum absolute atomic E-state index is 8.76. The fraction of sp³-hybridized carbons (Fsp3) is 1.00. The molecule has 0 aromatic heterocycles. The second kappa shape index (κ2) is 4.73. The average molecular weight is 157 g/mol. The van der Waals surface area contributed by atoms with Gasteiger partial charge in [0.1, 0.15) is 0 Å². The topological polar surface area (TPSA) is 23.5 Å². The Morgan fingerprint density at radius 2 is 2.36 bits per heavy atom. The van der Waals surface area contributed by atoms with E-state index in [2.05, 4.69) is 11.8 Å². The third-order valence-corrected chi connectivity index (χ3v) is 2.59. The monoisotopic (exact) mass is 157 g/mol. The molecule has 2 nitrogen and oxygen atoms in total. The Balaban J connectivity index is 2.21. The third-order valence-electron chi connectivity index (χ3n) is 2.59. The molecule has 0 aromatic rings. The number of piperidine rings is 1. The number of likely N-dealkylation sites (tertiary alicyclic amines) is 1. The van der Waals surface area contributed by atoms with Gasteiger partial charge < -0.3 is 10.0 Å². The molecule has 2 heteroatoms. The number of hydrogen-bond donors (Lipinski definition) is 1. The fourth-order valence-electron chi connectivity index (χ4n) is 1.86. The highest BCUT2D eigenvalue weighted by Gasteiger charge is 2.17. The summed E-state index contributed by atoms with van der Waals surface area (Å²) in [6.45, 7) is 6.21. The summed E-state index contributed by atoms with van der Waals surface area (Å²) in [7, 11) is 0. The largest absolute Gasteiger partial charge is 0.396 e. The molecular formula is C9H19NO. The van der Waals surface area contributed by atoms with E-state index in [9.17, 15) is 0 Å². The van der Waals surface area contributed by atoms with Crippen LogP contribution in [0.15, 0.2) is 0 Å². The predicted molar refractivity (Wildman–Crippen MR) is 46.5 cm³/mol. The molecule has 1 aliphatic rings. The van der Waals surface area contributed by atoms with Crippen LogP contribution in [-0.4, -0.2) is 36.2 Å². The maximum atomic E-state index is 8.76. The first-order valence-electron chi connectivity index (χ1n) is 4.70. The van der Waals surface area contributed by atoms with E-state index < -0.39 is 0 Å². The van der Waals surface area contributed by atoms with Gasteiger partial charge in [-0.3, -0.25) is 0 Å². The van der Waals surface area contributed by atoms with Gasteiger partial charge in [-0.25, -0.2) is 0 Å². The Labute approximate surface area is 69.2 Å². The van der Waals surface area contributed by atoms with E-state index in [1.54, 1.807) is 0 Å². The van der Waals surface area contributed by atoms with Crippen molar-refractivity contribution in [2.75, 3.05) is 26.2 Å². The van der Waals surface area contributed by atoms with Crippen LogP contribution in [-0.2, 0) is 0 Å². The SMILES string of the molecule is CCN1CCCC(CCO)C1. The van der Waals surface area contributed by atoms with Gasteiger partial charge in [0.2, 0.25) is 0 Å². The molecule has 11 heavy (non-hydrogen) atoms. The van der Waals surface area contributed by atoms with E-state index in [0.717, 1.165) is 12.3 Å². The zero-order valence-corrected chi connectivity index (χ0v) is 7.42. The van der Waals surface area contributed by atoms with Gasteiger partial charge in [0.25, 0.3) is 0 Å². The lowest BCUT2D eigenvalue weighted by atomic mass is 9.95. The van der Waals surface area contributed by atoms with Crippen molar-refractivity contribution >= 4 is 0 Å². The molecule has 1 saturated heterocycles. The molecule has 1 unspecified atom stereocenters. The number of aliphatic hydroxyl groups excluding tert-OH is 1. The van der Waals surface area contributed by atoms with Crippen LogP contribution in [0.2, 0.25) is 0 Å². The molecule has 1 rings (SSSR count). The zero-order chi connectivity index (χ0) is 8.10. The Hall–Kier alpha value is -0.0800. The Morgan fingerprint density at radius 3 is 3.00 bits per heavy atom. The van der Waals surface area contributed by atoms with E-state index in [4.69, 9.17) is 5.11 Å². The van der Waals surface area contributed by atoms with Crippen molar-refractivity contribution in [1.29, 1.82) is 0 Å².